The summed E-state index contributed by atoms with van der Waals surface area (Å²) in [6, 6.07) is 13.1. The highest BCUT2D eigenvalue weighted by molar-refractivity contribution is 5.76. The number of fused-ring (bicyclic) bond motifs is 1. The lowest BCUT2D eigenvalue weighted by molar-refractivity contribution is -0.109. The van der Waals surface area contributed by atoms with Crippen molar-refractivity contribution in [2.24, 2.45) is 0 Å². The van der Waals surface area contributed by atoms with Crippen LogP contribution < -0.4 is 9.64 Å². The topological polar surface area (TPSA) is 58.6 Å². The Morgan fingerprint density at radius 1 is 1.03 bits per heavy atom. The van der Waals surface area contributed by atoms with E-state index in [0.717, 1.165) is 54.1 Å². The summed E-state index contributed by atoms with van der Waals surface area (Å²) in [7, 11) is 0. The summed E-state index contributed by atoms with van der Waals surface area (Å²) in [6.45, 7) is 11.4. The van der Waals surface area contributed by atoms with E-state index in [0.29, 0.717) is 12.1 Å². The number of aryl methyl sites for hydroxylation is 2. The Balaban J connectivity index is 1.49. The van der Waals surface area contributed by atoms with E-state index in [-0.39, 0.29) is 6.61 Å². The minimum absolute atomic E-state index is 0.0841. The molecule has 3 aromatic rings. The van der Waals surface area contributed by atoms with Crippen molar-refractivity contribution in [2.75, 3.05) is 24.6 Å². The molecule has 0 radical (unpaired) electrons. The second-order valence-electron chi connectivity index (χ2n) is 8.63. The lowest BCUT2D eigenvalue weighted by atomic mass is 10.0. The van der Waals surface area contributed by atoms with Crippen molar-refractivity contribution in [1.82, 2.24) is 14.9 Å². The minimum Gasteiger partial charge on any atom is -0.486 e. The first kappa shape index (κ1) is 21.2. The molecule has 0 spiro atoms. The van der Waals surface area contributed by atoms with Crippen molar-refractivity contribution < 1.29 is 9.53 Å². The largest absolute Gasteiger partial charge is 0.486 e. The lowest BCUT2D eigenvalue weighted by Gasteiger charge is -2.45. The lowest BCUT2D eigenvalue weighted by Crippen LogP contribution is -2.56. The minimum atomic E-state index is 0.0841. The summed E-state index contributed by atoms with van der Waals surface area (Å²) in [5.74, 6) is 1.69. The molecule has 2 atom stereocenters. The summed E-state index contributed by atoms with van der Waals surface area (Å²) in [6.07, 6.45) is 2.68. The van der Waals surface area contributed by atoms with Gasteiger partial charge in [-0.15, -0.1) is 0 Å². The molecular formula is C25H30N4O2. The van der Waals surface area contributed by atoms with E-state index in [4.69, 9.17) is 9.72 Å². The van der Waals surface area contributed by atoms with Crippen molar-refractivity contribution in [2.45, 2.75) is 46.3 Å². The van der Waals surface area contributed by atoms with Gasteiger partial charge in [-0.25, -0.2) is 4.98 Å². The number of carbonyl (C=O) groups excluding carboxylic acids is 1. The van der Waals surface area contributed by atoms with Gasteiger partial charge in [0.1, 0.15) is 18.2 Å². The zero-order valence-electron chi connectivity index (χ0n) is 18.7. The number of ether oxygens (including phenoxy) is 1. The van der Waals surface area contributed by atoms with E-state index >= 15 is 0 Å². The molecule has 1 fully saturated rings. The van der Waals surface area contributed by atoms with Gasteiger partial charge in [0.2, 0.25) is 0 Å². The fraction of sp³-hybridized carbons (Fsp3) is 0.400. The molecule has 0 bridgehead atoms. The monoisotopic (exact) mass is 418 g/mol. The van der Waals surface area contributed by atoms with Crippen LogP contribution in [0.15, 0.2) is 42.6 Å². The normalized spacial score (nSPS) is 19.5. The highest BCUT2D eigenvalue weighted by Gasteiger charge is 2.30. The molecule has 162 valence electrons. The number of carbonyl (C=O) groups is 1. The molecule has 6 heteroatoms. The van der Waals surface area contributed by atoms with Crippen LogP contribution in [0.5, 0.6) is 5.75 Å². The number of piperazine rings is 1. The molecule has 1 aliphatic heterocycles. The van der Waals surface area contributed by atoms with Crippen LogP contribution in [0.1, 0.15) is 30.5 Å². The Kier molecular flexibility index (Phi) is 6.18. The third-order valence-electron chi connectivity index (χ3n) is 5.90. The van der Waals surface area contributed by atoms with E-state index in [1.165, 1.54) is 11.1 Å². The molecular weight excluding hydrogens is 388 g/mol. The van der Waals surface area contributed by atoms with Crippen LogP contribution in [0, 0.1) is 13.8 Å². The van der Waals surface area contributed by atoms with E-state index in [2.05, 4.69) is 60.7 Å². The van der Waals surface area contributed by atoms with E-state index in [9.17, 15) is 4.79 Å². The molecule has 1 aromatic heterocycles. The third-order valence-corrected chi connectivity index (χ3v) is 5.90. The van der Waals surface area contributed by atoms with Gasteiger partial charge in [-0.05, 0) is 68.7 Å². The predicted octanol–water partition coefficient (Wildman–Crippen LogP) is 3.92. The van der Waals surface area contributed by atoms with E-state index in [1.807, 2.05) is 24.4 Å². The maximum absolute atomic E-state index is 10.6. The Morgan fingerprint density at radius 3 is 2.55 bits per heavy atom. The fourth-order valence-electron chi connectivity index (χ4n) is 4.46. The van der Waals surface area contributed by atoms with Gasteiger partial charge in [-0.3, -0.25) is 14.7 Å². The van der Waals surface area contributed by atoms with Crippen molar-refractivity contribution in [3.05, 3.63) is 59.3 Å². The molecule has 4 rings (SSSR count). The van der Waals surface area contributed by atoms with Crippen molar-refractivity contribution in [1.29, 1.82) is 0 Å². The summed E-state index contributed by atoms with van der Waals surface area (Å²) in [5.41, 5.74) is 5.41. The molecule has 0 aliphatic carbocycles. The number of aldehydes is 1. The zero-order valence-corrected chi connectivity index (χ0v) is 18.7. The number of benzene rings is 2. The number of nitrogens with zero attached hydrogens (tertiary/aromatic N) is 4. The summed E-state index contributed by atoms with van der Waals surface area (Å²) in [5, 5.41) is 0. The van der Waals surface area contributed by atoms with Gasteiger partial charge < -0.3 is 9.64 Å². The van der Waals surface area contributed by atoms with Crippen molar-refractivity contribution in [3.63, 3.8) is 0 Å². The first-order valence-electron chi connectivity index (χ1n) is 10.8. The first-order chi connectivity index (χ1) is 14.9. The average Bonchev–Trinajstić information content (AvgIpc) is 2.74. The second kappa shape index (κ2) is 9.02. The molecule has 0 N–H and O–H groups in total. The maximum Gasteiger partial charge on any atom is 0.157 e. The molecule has 31 heavy (non-hydrogen) atoms. The van der Waals surface area contributed by atoms with Crippen molar-refractivity contribution in [3.8, 4) is 5.75 Å². The zero-order chi connectivity index (χ0) is 22.0. The van der Waals surface area contributed by atoms with Crippen LogP contribution in [0.2, 0.25) is 0 Å². The van der Waals surface area contributed by atoms with Gasteiger partial charge in [0.05, 0.1) is 17.2 Å². The van der Waals surface area contributed by atoms with Gasteiger partial charge in [0.25, 0.3) is 0 Å². The molecule has 0 amide bonds. The molecule has 2 aromatic carbocycles. The number of anilines is 1. The summed E-state index contributed by atoms with van der Waals surface area (Å²) in [4.78, 5) is 25.0. The molecule has 0 saturated carbocycles. The predicted molar refractivity (Wildman–Crippen MR) is 124 cm³/mol. The van der Waals surface area contributed by atoms with Crippen LogP contribution in [-0.2, 0) is 11.3 Å². The quantitative estimate of drug-likeness (QED) is 0.566. The van der Waals surface area contributed by atoms with Crippen LogP contribution in [0.25, 0.3) is 11.0 Å². The van der Waals surface area contributed by atoms with E-state index in [1.54, 1.807) is 0 Å². The SMILES string of the molecule is Cc1cc(CN2C(C)CN(c3cnc4cc(C)ccc4n3)CC2C)cc(OCC=O)c1. The highest BCUT2D eigenvalue weighted by atomic mass is 16.5. The van der Waals surface area contributed by atoms with Crippen LogP contribution in [0.4, 0.5) is 5.82 Å². The molecule has 2 unspecified atom stereocenters. The second-order valence-corrected chi connectivity index (χ2v) is 8.63. The fourth-order valence-corrected chi connectivity index (χ4v) is 4.46. The standard InChI is InChI=1S/C25H30N4O2/c1-17-5-6-23-24(11-17)26-13-25(27-23)28-14-19(3)29(20(4)15-28)16-21-9-18(2)10-22(12-21)31-8-7-30/h5-7,9-13,19-20H,8,14-16H2,1-4H3. The van der Waals surface area contributed by atoms with Gasteiger partial charge >= 0.3 is 0 Å². The van der Waals surface area contributed by atoms with Crippen LogP contribution >= 0.6 is 0 Å². The first-order valence-corrected chi connectivity index (χ1v) is 10.8. The van der Waals surface area contributed by atoms with Gasteiger partial charge in [0.15, 0.2) is 6.29 Å². The van der Waals surface area contributed by atoms with Gasteiger partial charge in [0, 0.05) is 31.7 Å². The van der Waals surface area contributed by atoms with Crippen molar-refractivity contribution >= 4 is 23.1 Å². The molecule has 2 heterocycles. The summed E-state index contributed by atoms with van der Waals surface area (Å²) < 4.78 is 5.53. The maximum atomic E-state index is 10.6. The molecule has 6 nitrogen and oxygen atoms in total. The highest BCUT2D eigenvalue weighted by Crippen LogP contribution is 2.26. The van der Waals surface area contributed by atoms with Crippen LogP contribution in [0.3, 0.4) is 0 Å². The smallest absolute Gasteiger partial charge is 0.157 e. The molecule has 1 saturated heterocycles. The number of rotatable bonds is 6. The summed E-state index contributed by atoms with van der Waals surface area (Å²) >= 11 is 0. The number of aromatic nitrogens is 2. The Bertz CT molecular complexity index is 1070. The Labute approximate surface area is 183 Å². The number of hydrogen-bond acceptors (Lipinski definition) is 6. The Hall–Kier alpha value is -2.99. The number of hydrogen-bond donors (Lipinski definition) is 0. The van der Waals surface area contributed by atoms with Gasteiger partial charge in [-0.2, -0.15) is 0 Å². The van der Waals surface area contributed by atoms with Gasteiger partial charge in [-0.1, -0.05) is 12.1 Å². The average molecular weight is 419 g/mol. The molecule has 1 aliphatic rings. The Morgan fingerprint density at radius 2 is 1.81 bits per heavy atom. The van der Waals surface area contributed by atoms with Crippen LogP contribution in [-0.4, -0.2) is 52.9 Å². The van der Waals surface area contributed by atoms with E-state index < -0.39 is 0 Å². The third kappa shape index (κ3) is 4.85.